The highest BCUT2D eigenvalue weighted by Crippen LogP contribution is 2.20. The lowest BCUT2D eigenvalue weighted by molar-refractivity contribution is -0.0758. The van der Waals surface area contributed by atoms with E-state index in [-0.39, 0.29) is 17.2 Å². The molecule has 0 unspecified atom stereocenters. The zero-order valence-corrected chi connectivity index (χ0v) is 9.15. The van der Waals surface area contributed by atoms with Crippen LogP contribution in [0.5, 0.6) is 5.75 Å². The quantitative estimate of drug-likeness (QED) is 0.769. The van der Waals surface area contributed by atoms with Crippen LogP contribution in [0.2, 0.25) is 0 Å². The van der Waals surface area contributed by atoms with Gasteiger partial charge in [0.05, 0.1) is 12.7 Å². The van der Waals surface area contributed by atoms with Crippen molar-refractivity contribution in [2.75, 3.05) is 14.2 Å². The summed E-state index contributed by atoms with van der Waals surface area (Å²) in [5, 5.41) is 10.7. The third kappa shape index (κ3) is 2.47. The molecule has 0 aliphatic heterocycles. The topological polar surface area (TPSA) is 49.8 Å². The summed E-state index contributed by atoms with van der Waals surface area (Å²) in [6, 6.07) is 5.01. The van der Waals surface area contributed by atoms with Gasteiger partial charge >= 0.3 is 0 Å². The molecule has 0 saturated heterocycles. The van der Waals surface area contributed by atoms with E-state index in [4.69, 9.17) is 4.84 Å². The Hall–Kier alpha value is -1.55. The van der Waals surface area contributed by atoms with Crippen molar-refractivity contribution in [1.29, 1.82) is 0 Å². The minimum atomic E-state index is -0.363. The Morgan fingerprint density at radius 3 is 2.67 bits per heavy atom. The third-order valence-electron chi connectivity index (χ3n) is 2.26. The van der Waals surface area contributed by atoms with Crippen LogP contribution in [0.1, 0.15) is 22.8 Å². The van der Waals surface area contributed by atoms with Crippen LogP contribution in [0.15, 0.2) is 18.2 Å². The molecule has 1 N–H and O–H groups in total. The molecule has 0 fully saturated rings. The zero-order valence-electron chi connectivity index (χ0n) is 9.15. The summed E-state index contributed by atoms with van der Waals surface area (Å²) in [4.78, 5) is 16.4. The number of nitrogens with zero attached hydrogens (tertiary/aromatic N) is 1. The van der Waals surface area contributed by atoms with Crippen LogP contribution in [0, 0.1) is 0 Å². The first-order chi connectivity index (χ1) is 7.10. The maximum absolute atomic E-state index is 11.6. The van der Waals surface area contributed by atoms with Crippen molar-refractivity contribution in [3.05, 3.63) is 29.3 Å². The molecule has 1 aromatic carbocycles. The van der Waals surface area contributed by atoms with Gasteiger partial charge < -0.3 is 5.11 Å². The van der Waals surface area contributed by atoms with Crippen molar-refractivity contribution in [2.45, 2.75) is 13.3 Å². The molecule has 1 aromatic rings. The minimum Gasteiger partial charge on any atom is -0.507 e. The zero-order chi connectivity index (χ0) is 11.4. The maximum atomic E-state index is 11.6. The number of phenols is 1. The predicted molar refractivity (Wildman–Crippen MR) is 56.6 cm³/mol. The number of rotatable bonds is 3. The van der Waals surface area contributed by atoms with E-state index in [1.165, 1.54) is 14.2 Å². The molecule has 4 nitrogen and oxygen atoms in total. The van der Waals surface area contributed by atoms with Gasteiger partial charge in [0.1, 0.15) is 5.75 Å². The van der Waals surface area contributed by atoms with E-state index in [0.717, 1.165) is 17.0 Å². The van der Waals surface area contributed by atoms with E-state index in [1.807, 2.05) is 13.0 Å². The van der Waals surface area contributed by atoms with Gasteiger partial charge in [0, 0.05) is 7.05 Å². The molecular weight excluding hydrogens is 194 g/mol. The van der Waals surface area contributed by atoms with Crippen molar-refractivity contribution in [2.24, 2.45) is 0 Å². The Bertz CT molecular complexity index is 363. The van der Waals surface area contributed by atoms with Gasteiger partial charge in [-0.15, -0.1) is 0 Å². The molecule has 0 radical (unpaired) electrons. The molecule has 15 heavy (non-hydrogen) atoms. The van der Waals surface area contributed by atoms with Gasteiger partial charge in [0.15, 0.2) is 0 Å². The average molecular weight is 209 g/mol. The largest absolute Gasteiger partial charge is 0.507 e. The summed E-state index contributed by atoms with van der Waals surface area (Å²) in [7, 11) is 2.89. The van der Waals surface area contributed by atoms with Crippen LogP contribution >= 0.6 is 0 Å². The third-order valence-corrected chi connectivity index (χ3v) is 2.26. The first kappa shape index (κ1) is 11.5. The van der Waals surface area contributed by atoms with E-state index in [1.54, 1.807) is 12.1 Å². The summed E-state index contributed by atoms with van der Waals surface area (Å²) in [6.07, 6.45) is 0.822. The number of hydrogen-bond donors (Lipinski definition) is 1. The second-order valence-electron chi connectivity index (χ2n) is 3.19. The fourth-order valence-electron chi connectivity index (χ4n) is 1.23. The molecule has 0 aliphatic rings. The van der Waals surface area contributed by atoms with Gasteiger partial charge in [0.25, 0.3) is 5.91 Å². The lowest BCUT2D eigenvalue weighted by atomic mass is 10.1. The molecule has 4 heteroatoms. The number of aryl methyl sites for hydroxylation is 1. The van der Waals surface area contributed by atoms with Crippen LogP contribution in [0.3, 0.4) is 0 Å². The summed E-state index contributed by atoms with van der Waals surface area (Å²) in [6.45, 7) is 1.98. The minimum absolute atomic E-state index is 0.0109. The number of aromatic hydroxyl groups is 1. The SMILES string of the molecule is CCc1ccc(C(=O)N(C)OC)c(O)c1. The highest BCUT2D eigenvalue weighted by molar-refractivity contribution is 5.96. The summed E-state index contributed by atoms with van der Waals surface area (Å²) >= 11 is 0. The lowest BCUT2D eigenvalue weighted by Gasteiger charge is -2.14. The molecule has 0 bridgehead atoms. The highest BCUT2D eigenvalue weighted by atomic mass is 16.7. The Kier molecular flexibility index (Phi) is 3.68. The average Bonchev–Trinajstić information content (AvgIpc) is 2.26. The highest BCUT2D eigenvalue weighted by Gasteiger charge is 2.15. The number of hydrogen-bond acceptors (Lipinski definition) is 3. The van der Waals surface area contributed by atoms with E-state index in [0.29, 0.717) is 0 Å². The Morgan fingerprint density at radius 1 is 1.53 bits per heavy atom. The number of benzene rings is 1. The fraction of sp³-hybridized carbons (Fsp3) is 0.364. The molecular formula is C11H15NO3. The van der Waals surface area contributed by atoms with Crippen molar-refractivity contribution in [3.8, 4) is 5.75 Å². The van der Waals surface area contributed by atoms with E-state index in [9.17, 15) is 9.90 Å². The Morgan fingerprint density at radius 2 is 2.20 bits per heavy atom. The van der Waals surface area contributed by atoms with Crippen LogP contribution in [-0.2, 0) is 11.3 Å². The van der Waals surface area contributed by atoms with Gasteiger partial charge in [-0.1, -0.05) is 13.0 Å². The fourth-order valence-corrected chi connectivity index (χ4v) is 1.23. The molecule has 82 valence electrons. The first-order valence-electron chi connectivity index (χ1n) is 4.74. The second kappa shape index (κ2) is 4.79. The normalized spacial score (nSPS) is 10.1. The predicted octanol–water partition coefficient (Wildman–Crippen LogP) is 1.59. The molecule has 1 rings (SSSR count). The van der Waals surface area contributed by atoms with E-state index >= 15 is 0 Å². The summed E-state index contributed by atoms with van der Waals surface area (Å²) in [5.74, 6) is -0.374. The summed E-state index contributed by atoms with van der Waals surface area (Å²) in [5.41, 5.74) is 1.24. The lowest BCUT2D eigenvalue weighted by Crippen LogP contribution is -2.25. The van der Waals surface area contributed by atoms with Gasteiger partial charge in [-0.3, -0.25) is 9.63 Å². The number of amides is 1. The summed E-state index contributed by atoms with van der Waals surface area (Å²) < 4.78 is 0. The van der Waals surface area contributed by atoms with Gasteiger partial charge in [-0.2, -0.15) is 0 Å². The number of carbonyl (C=O) groups excluding carboxylic acids is 1. The van der Waals surface area contributed by atoms with Gasteiger partial charge in [-0.05, 0) is 24.1 Å². The maximum Gasteiger partial charge on any atom is 0.280 e. The van der Waals surface area contributed by atoms with E-state index in [2.05, 4.69) is 0 Å². The van der Waals surface area contributed by atoms with Crippen molar-refractivity contribution in [1.82, 2.24) is 5.06 Å². The smallest absolute Gasteiger partial charge is 0.280 e. The second-order valence-corrected chi connectivity index (χ2v) is 3.19. The monoisotopic (exact) mass is 209 g/mol. The molecule has 1 amide bonds. The number of carbonyl (C=O) groups is 1. The van der Waals surface area contributed by atoms with Crippen LogP contribution < -0.4 is 0 Å². The Labute approximate surface area is 89.0 Å². The van der Waals surface area contributed by atoms with Crippen molar-refractivity contribution < 1.29 is 14.7 Å². The number of phenolic OH excluding ortho intramolecular Hbond substituents is 1. The molecule has 0 aliphatic carbocycles. The van der Waals surface area contributed by atoms with E-state index < -0.39 is 0 Å². The van der Waals surface area contributed by atoms with Gasteiger partial charge in [-0.25, -0.2) is 5.06 Å². The molecule has 0 spiro atoms. The standard InChI is InChI=1S/C11H15NO3/c1-4-8-5-6-9(10(13)7-8)11(14)12(2)15-3/h5-7,13H,4H2,1-3H3. The first-order valence-corrected chi connectivity index (χ1v) is 4.74. The number of hydroxylamine groups is 2. The van der Waals surface area contributed by atoms with Gasteiger partial charge in [0.2, 0.25) is 0 Å². The van der Waals surface area contributed by atoms with Crippen molar-refractivity contribution >= 4 is 5.91 Å². The molecule has 0 aromatic heterocycles. The van der Waals surface area contributed by atoms with Crippen LogP contribution in [0.25, 0.3) is 0 Å². The van der Waals surface area contributed by atoms with Crippen molar-refractivity contribution in [3.63, 3.8) is 0 Å². The Balaban J connectivity index is 3.00. The molecule has 0 saturated carbocycles. The molecule has 0 heterocycles. The molecule has 0 atom stereocenters. The van der Waals surface area contributed by atoms with Crippen LogP contribution in [-0.4, -0.2) is 30.2 Å². The van der Waals surface area contributed by atoms with Crippen LogP contribution in [0.4, 0.5) is 0 Å².